The van der Waals surface area contributed by atoms with Gasteiger partial charge in [0.15, 0.2) is 0 Å². The van der Waals surface area contributed by atoms with Crippen molar-refractivity contribution in [3.8, 4) is 6.07 Å². The van der Waals surface area contributed by atoms with Crippen LogP contribution in [0.25, 0.3) is 0 Å². The average molecular weight is 238 g/mol. The highest BCUT2D eigenvalue weighted by molar-refractivity contribution is 7.10. The summed E-state index contributed by atoms with van der Waals surface area (Å²) in [5.41, 5.74) is 0.678. The molecule has 88 valence electrons. The zero-order valence-electron chi connectivity index (χ0n) is 9.79. The predicted octanol–water partition coefficient (Wildman–Crippen LogP) is 2.12. The number of nitriles is 1. The molecule has 16 heavy (non-hydrogen) atoms. The summed E-state index contributed by atoms with van der Waals surface area (Å²) in [6, 6.07) is 4.02. The van der Waals surface area contributed by atoms with Crippen molar-refractivity contribution in [1.29, 1.82) is 5.26 Å². The van der Waals surface area contributed by atoms with Crippen LogP contribution in [0.15, 0.2) is 11.4 Å². The minimum atomic E-state index is -0.0463. The first kappa shape index (κ1) is 13.2. The summed E-state index contributed by atoms with van der Waals surface area (Å²) in [5.74, 6) is 0. The standard InChI is InChI=1S/C12H18N2OS/c1-3-12(2,9-15)8-14-6-11-4-10(5-13)7-16-11/h4,7,14-15H,3,6,8-9H2,1-2H3. The van der Waals surface area contributed by atoms with E-state index in [0.717, 1.165) is 30.0 Å². The third-order valence-corrected chi connectivity index (χ3v) is 3.81. The summed E-state index contributed by atoms with van der Waals surface area (Å²) in [7, 11) is 0. The minimum absolute atomic E-state index is 0.0463. The molecule has 1 rings (SSSR count). The Hall–Kier alpha value is -0.890. The van der Waals surface area contributed by atoms with Gasteiger partial charge in [-0.05, 0) is 12.5 Å². The molecule has 3 nitrogen and oxygen atoms in total. The van der Waals surface area contributed by atoms with Crippen molar-refractivity contribution in [3.05, 3.63) is 21.9 Å². The number of nitrogens with one attached hydrogen (secondary N) is 1. The van der Waals surface area contributed by atoms with Gasteiger partial charge in [-0.25, -0.2) is 0 Å². The topological polar surface area (TPSA) is 56.0 Å². The first-order valence-electron chi connectivity index (χ1n) is 5.42. The van der Waals surface area contributed by atoms with Crippen LogP contribution in [0.2, 0.25) is 0 Å². The number of hydrogen-bond acceptors (Lipinski definition) is 4. The quantitative estimate of drug-likeness (QED) is 0.798. The third-order valence-electron chi connectivity index (χ3n) is 2.87. The summed E-state index contributed by atoms with van der Waals surface area (Å²) in [4.78, 5) is 1.16. The molecule has 1 heterocycles. The summed E-state index contributed by atoms with van der Waals surface area (Å²) in [6.45, 7) is 5.90. The monoisotopic (exact) mass is 238 g/mol. The minimum Gasteiger partial charge on any atom is -0.396 e. The van der Waals surface area contributed by atoms with E-state index in [4.69, 9.17) is 5.26 Å². The number of aliphatic hydroxyl groups excluding tert-OH is 1. The van der Waals surface area contributed by atoms with Gasteiger partial charge in [-0.15, -0.1) is 11.3 Å². The molecule has 1 unspecified atom stereocenters. The maximum atomic E-state index is 9.24. The lowest BCUT2D eigenvalue weighted by molar-refractivity contribution is 0.135. The normalized spacial score (nSPS) is 14.4. The molecule has 1 atom stereocenters. The fourth-order valence-electron chi connectivity index (χ4n) is 1.31. The molecular weight excluding hydrogens is 220 g/mol. The number of nitrogens with zero attached hydrogens (tertiary/aromatic N) is 1. The third kappa shape index (κ3) is 3.60. The lowest BCUT2D eigenvalue weighted by Gasteiger charge is -2.25. The van der Waals surface area contributed by atoms with Crippen molar-refractivity contribution in [3.63, 3.8) is 0 Å². The van der Waals surface area contributed by atoms with Crippen LogP contribution in [-0.4, -0.2) is 18.3 Å². The van der Waals surface area contributed by atoms with E-state index >= 15 is 0 Å². The van der Waals surface area contributed by atoms with Crippen LogP contribution >= 0.6 is 11.3 Å². The highest BCUT2D eigenvalue weighted by atomic mass is 32.1. The Morgan fingerprint density at radius 1 is 1.62 bits per heavy atom. The van der Waals surface area contributed by atoms with Gasteiger partial charge in [0.25, 0.3) is 0 Å². The second kappa shape index (κ2) is 6.00. The van der Waals surface area contributed by atoms with E-state index in [-0.39, 0.29) is 12.0 Å². The smallest absolute Gasteiger partial charge is 0.100 e. The Balaban J connectivity index is 2.38. The Labute approximate surface area is 101 Å². The maximum absolute atomic E-state index is 9.24. The molecule has 0 aliphatic carbocycles. The molecule has 0 saturated carbocycles. The zero-order valence-corrected chi connectivity index (χ0v) is 10.6. The number of hydrogen-bond donors (Lipinski definition) is 2. The van der Waals surface area contributed by atoms with E-state index in [9.17, 15) is 5.11 Å². The molecule has 1 aromatic rings. The fraction of sp³-hybridized carbons (Fsp3) is 0.583. The van der Waals surface area contributed by atoms with Crippen LogP contribution in [0, 0.1) is 16.7 Å². The lowest BCUT2D eigenvalue weighted by atomic mass is 9.89. The molecule has 0 bridgehead atoms. The van der Waals surface area contributed by atoms with Crippen LogP contribution in [0.1, 0.15) is 30.7 Å². The molecule has 0 fully saturated rings. The second-order valence-electron chi connectivity index (χ2n) is 4.34. The molecule has 0 spiro atoms. The van der Waals surface area contributed by atoms with Crippen molar-refractivity contribution in [2.75, 3.05) is 13.2 Å². The van der Waals surface area contributed by atoms with Crippen LogP contribution in [-0.2, 0) is 6.54 Å². The average Bonchev–Trinajstić information content (AvgIpc) is 2.77. The Morgan fingerprint density at radius 2 is 2.38 bits per heavy atom. The van der Waals surface area contributed by atoms with Crippen molar-refractivity contribution < 1.29 is 5.11 Å². The summed E-state index contributed by atoms with van der Waals surface area (Å²) in [6.07, 6.45) is 0.949. The molecule has 0 amide bonds. The van der Waals surface area contributed by atoms with Gasteiger partial charge >= 0.3 is 0 Å². The van der Waals surface area contributed by atoms with Crippen LogP contribution in [0.4, 0.5) is 0 Å². The van der Waals surface area contributed by atoms with Gasteiger partial charge in [0.05, 0.1) is 5.56 Å². The molecule has 0 radical (unpaired) electrons. The van der Waals surface area contributed by atoms with Gasteiger partial charge in [-0.3, -0.25) is 0 Å². The highest BCUT2D eigenvalue weighted by Crippen LogP contribution is 2.19. The van der Waals surface area contributed by atoms with Crippen LogP contribution in [0.3, 0.4) is 0 Å². The second-order valence-corrected chi connectivity index (χ2v) is 5.34. The van der Waals surface area contributed by atoms with Gasteiger partial charge < -0.3 is 10.4 Å². The van der Waals surface area contributed by atoms with Gasteiger partial charge in [0, 0.05) is 35.4 Å². The molecule has 0 aliphatic heterocycles. The molecule has 1 aromatic heterocycles. The number of aliphatic hydroxyl groups is 1. The molecule has 4 heteroatoms. The largest absolute Gasteiger partial charge is 0.396 e. The van der Waals surface area contributed by atoms with Gasteiger partial charge in [0.2, 0.25) is 0 Å². The first-order chi connectivity index (χ1) is 7.63. The van der Waals surface area contributed by atoms with Crippen LogP contribution in [0.5, 0.6) is 0 Å². The maximum Gasteiger partial charge on any atom is 0.100 e. The molecule has 2 N–H and O–H groups in total. The summed E-state index contributed by atoms with van der Waals surface area (Å²) >= 11 is 1.59. The zero-order chi connectivity index (χ0) is 12.0. The van der Waals surface area contributed by atoms with Crippen molar-refractivity contribution in [2.24, 2.45) is 5.41 Å². The van der Waals surface area contributed by atoms with Crippen molar-refractivity contribution >= 4 is 11.3 Å². The SMILES string of the molecule is CCC(C)(CO)CNCc1cc(C#N)cs1. The molecular formula is C12H18N2OS. The van der Waals surface area contributed by atoms with Crippen molar-refractivity contribution in [1.82, 2.24) is 5.32 Å². The lowest BCUT2D eigenvalue weighted by Crippen LogP contribution is -2.33. The first-order valence-corrected chi connectivity index (χ1v) is 6.30. The molecule has 0 saturated heterocycles. The van der Waals surface area contributed by atoms with E-state index in [1.807, 2.05) is 11.4 Å². The Morgan fingerprint density at radius 3 is 2.88 bits per heavy atom. The highest BCUT2D eigenvalue weighted by Gasteiger charge is 2.20. The fourth-order valence-corrected chi connectivity index (χ4v) is 2.09. The van der Waals surface area contributed by atoms with Crippen molar-refractivity contribution in [2.45, 2.75) is 26.8 Å². The van der Waals surface area contributed by atoms with Gasteiger partial charge in [-0.1, -0.05) is 13.8 Å². The van der Waals surface area contributed by atoms with E-state index in [1.165, 1.54) is 0 Å². The summed E-state index contributed by atoms with van der Waals surface area (Å²) in [5, 5.41) is 23.1. The predicted molar refractivity (Wildman–Crippen MR) is 66.2 cm³/mol. The number of rotatable bonds is 6. The van der Waals surface area contributed by atoms with E-state index < -0.39 is 0 Å². The Kier molecular flexibility index (Phi) is 4.94. The number of thiophene rings is 1. The van der Waals surface area contributed by atoms with Gasteiger partial charge in [-0.2, -0.15) is 5.26 Å². The van der Waals surface area contributed by atoms with E-state index in [1.54, 1.807) is 11.3 Å². The van der Waals surface area contributed by atoms with Crippen LogP contribution < -0.4 is 5.32 Å². The Bertz CT molecular complexity index is 363. The van der Waals surface area contributed by atoms with E-state index in [2.05, 4.69) is 25.2 Å². The van der Waals surface area contributed by atoms with E-state index in [0.29, 0.717) is 0 Å². The van der Waals surface area contributed by atoms with Gasteiger partial charge in [0.1, 0.15) is 6.07 Å². The summed E-state index contributed by atoms with van der Waals surface area (Å²) < 4.78 is 0. The molecule has 0 aliphatic rings. The molecule has 0 aromatic carbocycles.